The van der Waals surface area contributed by atoms with Crippen molar-refractivity contribution in [2.75, 3.05) is 5.73 Å². The summed E-state index contributed by atoms with van der Waals surface area (Å²) < 4.78 is 0. The zero-order chi connectivity index (χ0) is 9.30. The van der Waals surface area contributed by atoms with Crippen LogP contribution in [0.5, 0.6) is 0 Å². The van der Waals surface area contributed by atoms with Crippen LogP contribution in [0.2, 0.25) is 5.02 Å². The van der Waals surface area contributed by atoms with Crippen molar-refractivity contribution in [1.29, 1.82) is 0 Å². The lowest BCUT2D eigenvalue weighted by molar-refractivity contribution is 0.101. The predicted molar refractivity (Wildman–Crippen MR) is 50.6 cm³/mol. The van der Waals surface area contributed by atoms with Gasteiger partial charge in [0.05, 0.1) is 10.7 Å². The Hall–Kier alpha value is -1.02. The molecule has 1 aromatic rings. The summed E-state index contributed by atoms with van der Waals surface area (Å²) in [5, 5.41) is 0.363. The van der Waals surface area contributed by atoms with Gasteiger partial charge in [0.25, 0.3) is 0 Å². The Morgan fingerprint density at radius 1 is 1.50 bits per heavy atom. The van der Waals surface area contributed by atoms with E-state index in [1.54, 1.807) is 12.1 Å². The number of benzene rings is 1. The van der Waals surface area contributed by atoms with Gasteiger partial charge in [0.15, 0.2) is 5.78 Å². The lowest BCUT2D eigenvalue weighted by atomic mass is 10.0. The lowest BCUT2D eigenvalue weighted by Crippen LogP contribution is -2.00. The van der Waals surface area contributed by atoms with Gasteiger partial charge in [-0.25, -0.2) is 0 Å². The highest BCUT2D eigenvalue weighted by molar-refractivity contribution is 6.36. The number of halogens is 1. The van der Waals surface area contributed by atoms with Crippen molar-refractivity contribution in [2.24, 2.45) is 0 Å². The number of carbonyl (C=O) groups is 1. The topological polar surface area (TPSA) is 43.1 Å². The van der Waals surface area contributed by atoms with Gasteiger partial charge in [-0.05, 0) is 25.5 Å². The van der Waals surface area contributed by atoms with Crippen LogP contribution < -0.4 is 5.73 Å². The van der Waals surface area contributed by atoms with Gasteiger partial charge < -0.3 is 5.73 Å². The molecule has 0 radical (unpaired) electrons. The maximum absolute atomic E-state index is 11.1. The number of rotatable bonds is 1. The number of nitrogen functional groups attached to an aromatic ring is 1. The molecule has 0 amide bonds. The minimum absolute atomic E-state index is 0.0511. The maximum Gasteiger partial charge on any atom is 0.161 e. The number of carbonyl (C=O) groups excluding carboxylic acids is 1. The monoisotopic (exact) mass is 183 g/mol. The Bertz CT molecular complexity index is 334. The maximum atomic E-state index is 11.1. The first-order valence-corrected chi connectivity index (χ1v) is 3.97. The van der Waals surface area contributed by atoms with Gasteiger partial charge in [0.2, 0.25) is 0 Å². The van der Waals surface area contributed by atoms with Crippen molar-refractivity contribution in [2.45, 2.75) is 13.8 Å². The molecule has 0 aliphatic heterocycles. The Morgan fingerprint density at radius 2 is 2.08 bits per heavy atom. The zero-order valence-electron chi connectivity index (χ0n) is 7.02. The summed E-state index contributed by atoms with van der Waals surface area (Å²) in [4.78, 5) is 11.1. The SMILES string of the molecule is CC(=O)c1c(C)ccc(N)c1Cl. The average molecular weight is 184 g/mol. The largest absolute Gasteiger partial charge is 0.398 e. The molecule has 0 aromatic heterocycles. The van der Waals surface area contributed by atoms with Crippen LogP contribution in [0.25, 0.3) is 0 Å². The molecule has 1 aromatic carbocycles. The molecule has 1 rings (SSSR count). The molecule has 0 unspecified atom stereocenters. The van der Waals surface area contributed by atoms with E-state index >= 15 is 0 Å². The number of ketones is 1. The smallest absolute Gasteiger partial charge is 0.161 e. The third kappa shape index (κ3) is 1.43. The fourth-order valence-electron chi connectivity index (χ4n) is 1.12. The summed E-state index contributed by atoms with van der Waals surface area (Å²) in [7, 11) is 0. The molecule has 0 spiro atoms. The number of aryl methyl sites for hydroxylation is 1. The van der Waals surface area contributed by atoms with Gasteiger partial charge in [-0.15, -0.1) is 0 Å². The zero-order valence-corrected chi connectivity index (χ0v) is 7.77. The number of Topliss-reactive ketones (excluding diaryl/α,β-unsaturated/α-hetero) is 1. The molecule has 12 heavy (non-hydrogen) atoms. The van der Waals surface area contributed by atoms with Crippen LogP contribution in [-0.2, 0) is 0 Å². The molecule has 64 valence electrons. The predicted octanol–water partition coefficient (Wildman–Crippen LogP) is 2.43. The molecule has 0 saturated carbocycles. The average Bonchev–Trinajstić information content (AvgIpc) is 1.97. The van der Waals surface area contributed by atoms with E-state index in [4.69, 9.17) is 17.3 Å². The Morgan fingerprint density at radius 3 is 2.50 bits per heavy atom. The van der Waals surface area contributed by atoms with Gasteiger partial charge in [-0.2, -0.15) is 0 Å². The van der Waals surface area contributed by atoms with E-state index < -0.39 is 0 Å². The molecule has 0 saturated heterocycles. The van der Waals surface area contributed by atoms with Crippen LogP contribution in [0.15, 0.2) is 12.1 Å². The van der Waals surface area contributed by atoms with Crippen molar-refractivity contribution in [3.63, 3.8) is 0 Å². The van der Waals surface area contributed by atoms with Gasteiger partial charge in [-0.1, -0.05) is 17.7 Å². The summed E-state index contributed by atoms with van der Waals surface area (Å²) in [5.74, 6) is -0.0511. The summed E-state index contributed by atoms with van der Waals surface area (Å²) in [5.41, 5.74) is 7.38. The first-order chi connectivity index (χ1) is 5.54. The first-order valence-electron chi connectivity index (χ1n) is 3.59. The minimum Gasteiger partial charge on any atom is -0.398 e. The summed E-state index contributed by atoms with van der Waals surface area (Å²) >= 11 is 5.85. The van der Waals surface area contributed by atoms with E-state index in [0.717, 1.165) is 5.56 Å². The molecule has 2 nitrogen and oxygen atoms in total. The second-order valence-corrected chi connectivity index (χ2v) is 3.09. The number of anilines is 1. The van der Waals surface area contributed by atoms with E-state index in [1.807, 2.05) is 6.92 Å². The Balaban J connectivity index is 3.43. The van der Waals surface area contributed by atoms with E-state index in [-0.39, 0.29) is 5.78 Å². The number of hydrogen-bond donors (Lipinski definition) is 1. The standard InChI is InChI=1S/C9H10ClNO/c1-5-3-4-7(11)9(10)8(5)6(2)12/h3-4H,11H2,1-2H3. The molecule has 0 fully saturated rings. The number of hydrogen-bond acceptors (Lipinski definition) is 2. The Labute approximate surface area is 76.3 Å². The summed E-state index contributed by atoms with van der Waals surface area (Å²) in [6.45, 7) is 3.32. The molecule has 0 heterocycles. The van der Waals surface area contributed by atoms with Crippen LogP contribution in [0.1, 0.15) is 22.8 Å². The van der Waals surface area contributed by atoms with Gasteiger partial charge in [-0.3, -0.25) is 4.79 Å². The second kappa shape index (κ2) is 3.15. The fraction of sp³-hybridized carbons (Fsp3) is 0.222. The molecule has 0 bridgehead atoms. The molecule has 0 aliphatic carbocycles. The van der Waals surface area contributed by atoms with Crippen LogP contribution in [-0.4, -0.2) is 5.78 Å². The normalized spacial score (nSPS) is 9.92. The highest BCUT2D eigenvalue weighted by atomic mass is 35.5. The highest BCUT2D eigenvalue weighted by Gasteiger charge is 2.10. The van der Waals surface area contributed by atoms with Gasteiger partial charge in [0.1, 0.15) is 0 Å². The minimum atomic E-state index is -0.0511. The van der Waals surface area contributed by atoms with Crippen LogP contribution in [0.4, 0.5) is 5.69 Å². The van der Waals surface area contributed by atoms with E-state index in [1.165, 1.54) is 6.92 Å². The first kappa shape index (κ1) is 9.07. The van der Waals surface area contributed by atoms with Gasteiger partial charge in [0, 0.05) is 5.56 Å². The van der Waals surface area contributed by atoms with Crippen LogP contribution in [0, 0.1) is 6.92 Å². The quantitative estimate of drug-likeness (QED) is 0.537. The highest BCUT2D eigenvalue weighted by Crippen LogP contribution is 2.26. The van der Waals surface area contributed by atoms with Crippen molar-refractivity contribution >= 4 is 23.1 Å². The van der Waals surface area contributed by atoms with Gasteiger partial charge >= 0.3 is 0 Å². The summed E-state index contributed by atoms with van der Waals surface area (Å²) in [6.07, 6.45) is 0. The third-order valence-corrected chi connectivity index (χ3v) is 2.14. The second-order valence-electron chi connectivity index (χ2n) is 2.72. The number of nitrogens with two attached hydrogens (primary N) is 1. The van der Waals surface area contributed by atoms with E-state index in [0.29, 0.717) is 16.3 Å². The molecule has 2 N–H and O–H groups in total. The van der Waals surface area contributed by atoms with Crippen LogP contribution in [0.3, 0.4) is 0 Å². The van der Waals surface area contributed by atoms with Crippen molar-refractivity contribution in [3.8, 4) is 0 Å². The third-order valence-electron chi connectivity index (χ3n) is 1.73. The Kier molecular flexibility index (Phi) is 2.38. The molecule has 0 aliphatic rings. The molecular weight excluding hydrogens is 174 g/mol. The fourth-order valence-corrected chi connectivity index (χ4v) is 1.47. The van der Waals surface area contributed by atoms with E-state index in [9.17, 15) is 4.79 Å². The summed E-state index contributed by atoms with van der Waals surface area (Å²) in [6, 6.07) is 3.49. The lowest BCUT2D eigenvalue weighted by Gasteiger charge is -2.06. The van der Waals surface area contributed by atoms with E-state index in [2.05, 4.69) is 0 Å². The molecular formula is C9H10ClNO. The van der Waals surface area contributed by atoms with Crippen molar-refractivity contribution in [3.05, 3.63) is 28.3 Å². The van der Waals surface area contributed by atoms with Crippen molar-refractivity contribution in [1.82, 2.24) is 0 Å². The van der Waals surface area contributed by atoms with Crippen LogP contribution >= 0.6 is 11.6 Å². The molecule has 0 atom stereocenters. The molecule has 3 heteroatoms. The van der Waals surface area contributed by atoms with Crippen molar-refractivity contribution < 1.29 is 4.79 Å².